The van der Waals surface area contributed by atoms with Gasteiger partial charge in [-0.1, -0.05) is 12.2 Å². The summed E-state index contributed by atoms with van der Waals surface area (Å²) in [6, 6.07) is 0. The number of aliphatic hydroxyl groups is 1. The van der Waals surface area contributed by atoms with Gasteiger partial charge in [-0.05, 0) is 13.8 Å². The van der Waals surface area contributed by atoms with Crippen molar-refractivity contribution >= 4 is 23.1 Å². The number of amides is 1. The second kappa shape index (κ2) is 7.31. The van der Waals surface area contributed by atoms with E-state index in [1.165, 1.54) is 0 Å². The highest BCUT2D eigenvalue weighted by molar-refractivity contribution is 7.80. The molecule has 0 spiro atoms. The van der Waals surface area contributed by atoms with Crippen LogP contribution >= 0.6 is 12.2 Å². The quantitative estimate of drug-likeness (QED) is 0.650. The van der Waals surface area contributed by atoms with Crippen molar-refractivity contribution in [2.75, 3.05) is 39.8 Å². The van der Waals surface area contributed by atoms with Crippen molar-refractivity contribution in [1.82, 2.24) is 9.80 Å². The molecule has 1 aliphatic rings. The average molecular weight is 303 g/mol. The number of nitrogens with zero attached hydrogens (tertiary/aromatic N) is 2. The number of thiocarbonyl (C=S) groups is 1. The molecule has 0 aromatic carbocycles. The second-order valence-electron chi connectivity index (χ2n) is 5.88. The van der Waals surface area contributed by atoms with Crippen LogP contribution in [0.2, 0.25) is 0 Å². The Morgan fingerprint density at radius 2 is 2.25 bits per heavy atom. The number of aliphatic hydroxyl groups excluding tert-OH is 1. The zero-order valence-corrected chi connectivity index (χ0v) is 13.3. The molecule has 0 saturated carbocycles. The molecule has 116 valence electrons. The summed E-state index contributed by atoms with van der Waals surface area (Å²) in [4.78, 5) is 16.2. The molecule has 1 rings (SSSR count). The van der Waals surface area contributed by atoms with E-state index in [-0.39, 0.29) is 24.2 Å². The van der Waals surface area contributed by atoms with Gasteiger partial charge in [0.15, 0.2) is 0 Å². The molecule has 0 aromatic rings. The first-order valence-corrected chi connectivity index (χ1v) is 7.17. The number of carbonyl (C=O) groups is 1. The van der Waals surface area contributed by atoms with E-state index in [0.717, 1.165) is 0 Å². The summed E-state index contributed by atoms with van der Waals surface area (Å²) >= 11 is 4.81. The SMILES string of the molecule is CN(CCC(N)=S)C(=O)CN1CC(CO)OC(C)(C)C1. The topological polar surface area (TPSA) is 79.0 Å². The summed E-state index contributed by atoms with van der Waals surface area (Å²) in [5.41, 5.74) is 5.08. The molecule has 0 aliphatic carbocycles. The fourth-order valence-electron chi connectivity index (χ4n) is 2.35. The second-order valence-corrected chi connectivity index (χ2v) is 6.41. The molecule has 3 N–H and O–H groups in total. The van der Waals surface area contributed by atoms with E-state index < -0.39 is 0 Å². The van der Waals surface area contributed by atoms with Crippen molar-refractivity contribution in [3.8, 4) is 0 Å². The number of hydrogen-bond donors (Lipinski definition) is 2. The van der Waals surface area contributed by atoms with Crippen molar-refractivity contribution < 1.29 is 14.6 Å². The number of rotatable bonds is 6. The van der Waals surface area contributed by atoms with Gasteiger partial charge in [0.2, 0.25) is 5.91 Å². The largest absolute Gasteiger partial charge is 0.394 e. The van der Waals surface area contributed by atoms with Crippen LogP contribution in [0.15, 0.2) is 0 Å². The summed E-state index contributed by atoms with van der Waals surface area (Å²) in [5.74, 6) is 0.0237. The maximum absolute atomic E-state index is 12.1. The predicted octanol–water partition coefficient (Wildman–Crippen LogP) is -0.407. The van der Waals surface area contributed by atoms with Gasteiger partial charge in [0.05, 0.1) is 29.8 Å². The molecular weight excluding hydrogens is 278 g/mol. The third-order valence-corrected chi connectivity index (χ3v) is 3.44. The Kier molecular flexibility index (Phi) is 6.32. The molecule has 7 heteroatoms. The Balaban J connectivity index is 2.49. The Labute approximate surface area is 125 Å². The maximum atomic E-state index is 12.1. The highest BCUT2D eigenvalue weighted by atomic mass is 32.1. The van der Waals surface area contributed by atoms with Gasteiger partial charge in [-0.3, -0.25) is 9.69 Å². The molecule has 1 amide bonds. The smallest absolute Gasteiger partial charge is 0.236 e. The predicted molar refractivity (Wildman–Crippen MR) is 81.5 cm³/mol. The average Bonchev–Trinajstić information content (AvgIpc) is 2.33. The monoisotopic (exact) mass is 303 g/mol. The number of ether oxygens (including phenoxy) is 1. The Hall–Kier alpha value is -0.760. The van der Waals surface area contributed by atoms with Crippen LogP contribution in [0.3, 0.4) is 0 Å². The number of nitrogens with two attached hydrogens (primary N) is 1. The lowest BCUT2D eigenvalue weighted by atomic mass is 10.1. The minimum Gasteiger partial charge on any atom is -0.394 e. The molecule has 6 nitrogen and oxygen atoms in total. The van der Waals surface area contributed by atoms with Crippen LogP contribution < -0.4 is 5.73 Å². The summed E-state index contributed by atoms with van der Waals surface area (Å²) in [6.45, 7) is 5.97. The van der Waals surface area contributed by atoms with Gasteiger partial charge in [0.1, 0.15) is 0 Å². The van der Waals surface area contributed by atoms with E-state index in [2.05, 4.69) is 0 Å². The van der Waals surface area contributed by atoms with Crippen LogP contribution in [0.25, 0.3) is 0 Å². The molecule has 1 heterocycles. The summed E-state index contributed by atoms with van der Waals surface area (Å²) in [5, 5.41) is 9.25. The van der Waals surface area contributed by atoms with Crippen LogP contribution in [-0.4, -0.2) is 77.3 Å². The third kappa shape index (κ3) is 5.70. The van der Waals surface area contributed by atoms with E-state index in [9.17, 15) is 9.90 Å². The van der Waals surface area contributed by atoms with Crippen LogP contribution in [0.4, 0.5) is 0 Å². The zero-order valence-electron chi connectivity index (χ0n) is 12.5. The molecule has 1 unspecified atom stereocenters. The van der Waals surface area contributed by atoms with E-state index >= 15 is 0 Å². The number of morpholine rings is 1. The first-order chi connectivity index (χ1) is 9.23. The van der Waals surface area contributed by atoms with Crippen LogP contribution in [-0.2, 0) is 9.53 Å². The zero-order chi connectivity index (χ0) is 15.3. The molecule has 0 aromatic heterocycles. The molecule has 1 aliphatic heterocycles. The van der Waals surface area contributed by atoms with Crippen LogP contribution in [0.5, 0.6) is 0 Å². The summed E-state index contributed by atoms with van der Waals surface area (Å²) < 4.78 is 5.72. The molecular formula is C13H25N3O3S. The Morgan fingerprint density at radius 1 is 1.60 bits per heavy atom. The fraction of sp³-hybridized carbons (Fsp3) is 0.846. The third-order valence-electron chi connectivity index (χ3n) is 3.23. The lowest BCUT2D eigenvalue weighted by Crippen LogP contribution is -2.55. The molecule has 0 radical (unpaired) electrons. The van der Waals surface area contributed by atoms with Crippen molar-refractivity contribution in [2.45, 2.75) is 32.0 Å². The van der Waals surface area contributed by atoms with Gasteiger partial charge in [-0.2, -0.15) is 0 Å². The number of carbonyl (C=O) groups excluding carboxylic acids is 1. The first kappa shape index (κ1) is 17.3. The van der Waals surface area contributed by atoms with Crippen molar-refractivity contribution in [3.05, 3.63) is 0 Å². The van der Waals surface area contributed by atoms with E-state index in [0.29, 0.717) is 37.6 Å². The van der Waals surface area contributed by atoms with Crippen molar-refractivity contribution in [1.29, 1.82) is 0 Å². The maximum Gasteiger partial charge on any atom is 0.236 e. The normalized spacial score (nSPS) is 22.5. The molecule has 1 atom stereocenters. The van der Waals surface area contributed by atoms with Gasteiger partial charge in [-0.25, -0.2) is 0 Å². The van der Waals surface area contributed by atoms with Crippen LogP contribution in [0, 0.1) is 0 Å². The number of hydrogen-bond acceptors (Lipinski definition) is 5. The minimum atomic E-state index is -0.358. The number of likely N-dealkylation sites (N-methyl/N-ethyl adjacent to an activating group) is 1. The van der Waals surface area contributed by atoms with E-state index in [1.807, 2.05) is 18.7 Å². The van der Waals surface area contributed by atoms with Gasteiger partial charge >= 0.3 is 0 Å². The highest BCUT2D eigenvalue weighted by Gasteiger charge is 2.34. The van der Waals surface area contributed by atoms with Gasteiger partial charge < -0.3 is 20.5 Å². The molecule has 1 fully saturated rings. The van der Waals surface area contributed by atoms with Crippen molar-refractivity contribution in [2.24, 2.45) is 5.73 Å². The van der Waals surface area contributed by atoms with Gasteiger partial charge in [0, 0.05) is 33.1 Å². The van der Waals surface area contributed by atoms with Gasteiger partial charge in [0.25, 0.3) is 0 Å². The fourth-order valence-corrected chi connectivity index (χ4v) is 2.44. The molecule has 20 heavy (non-hydrogen) atoms. The van der Waals surface area contributed by atoms with E-state index in [1.54, 1.807) is 11.9 Å². The summed E-state index contributed by atoms with van der Waals surface area (Å²) in [7, 11) is 1.75. The lowest BCUT2D eigenvalue weighted by molar-refractivity contribution is -0.156. The molecule has 1 saturated heterocycles. The Bertz CT molecular complexity index is 363. The minimum absolute atomic E-state index is 0.0237. The van der Waals surface area contributed by atoms with Crippen molar-refractivity contribution in [3.63, 3.8) is 0 Å². The molecule has 0 bridgehead atoms. The Morgan fingerprint density at radius 3 is 2.80 bits per heavy atom. The summed E-state index contributed by atoms with van der Waals surface area (Å²) in [6.07, 6.45) is 0.291. The van der Waals surface area contributed by atoms with Crippen LogP contribution in [0.1, 0.15) is 20.3 Å². The van der Waals surface area contributed by atoms with E-state index in [4.69, 9.17) is 22.7 Å². The standard InChI is InChI=1S/C13H25N3O3S/c1-13(2)9-16(6-10(8-17)19-13)7-12(18)15(3)5-4-11(14)20/h10,17H,4-9H2,1-3H3,(H2,14,20). The van der Waals surface area contributed by atoms with Gasteiger partial charge in [-0.15, -0.1) is 0 Å². The highest BCUT2D eigenvalue weighted by Crippen LogP contribution is 2.20. The first-order valence-electron chi connectivity index (χ1n) is 6.77. The lowest BCUT2D eigenvalue weighted by Gasteiger charge is -2.42.